The molecule has 1 amide bonds. The van der Waals surface area contributed by atoms with Crippen molar-refractivity contribution in [3.05, 3.63) is 81.3 Å². The van der Waals surface area contributed by atoms with Crippen molar-refractivity contribution >= 4 is 23.2 Å². The molecule has 0 bridgehead atoms. The largest absolute Gasteiger partial charge is 0.325 e. The quantitative estimate of drug-likeness (QED) is 0.626. The lowest BCUT2D eigenvalue weighted by Gasteiger charge is -2.15. The molecule has 0 saturated carbocycles. The van der Waals surface area contributed by atoms with E-state index in [-0.39, 0.29) is 18.0 Å². The van der Waals surface area contributed by atoms with E-state index in [1.165, 1.54) is 16.2 Å². The first-order chi connectivity index (χ1) is 14.2. The van der Waals surface area contributed by atoms with Crippen molar-refractivity contribution in [2.75, 3.05) is 10.6 Å². The van der Waals surface area contributed by atoms with Crippen LogP contribution in [-0.2, 0) is 11.3 Å². The second-order valence-corrected chi connectivity index (χ2v) is 7.97. The molecule has 6 nitrogen and oxygen atoms in total. The van der Waals surface area contributed by atoms with E-state index in [2.05, 4.69) is 35.5 Å². The summed E-state index contributed by atoms with van der Waals surface area (Å²) in [6.07, 6.45) is 0. The molecule has 0 aliphatic heterocycles. The Morgan fingerprint density at radius 1 is 0.967 bits per heavy atom. The summed E-state index contributed by atoms with van der Waals surface area (Å²) in [5.41, 5.74) is 5.23. The van der Waals surface area contributed by atoms with Gasteiger partial charge in [-0.3, -0.25) is 14.2 Å². The van der Waals surface area contributed by atoms with Gasteiger partial charge in [0.05, 0.1) is 0 Å². The minimum Gasteiger partial charge on any atom is -0.325 e. The molecule has 0 saturated heterocycles. The molecule has 1 aromatic heterocycles. The third-order valence-electron chi connectivity index (χ3n) is 4.78. The van der Waals surface area contributed by atoms with Gasteiger partial charge < -0.3 is 10.6 Å². The number of rotatable bonds is 6. The van der Waals surface area contributed by atoms with Crippen molar-refractivity contribution in [2.45, 2.75) is 47.1 Å². The molecule has 0 fully saturated rings. The molecule has 30 heavy (non-hydrogen) atoms. The number of aryl methyl sites for hydroxylation is 3. The number of hydrogen-bond donors (Lipinski definition) is 2. The standard InChI is InChI=1S/C24H28N4O2/c1-15(2)19-6-8-20(9-7-19)26-22(29)14-28-23(30)13-18(5)25-24(28)27-21-11-16(3)10-17(4)12-21/h6-13,15H,14H2,1-5H3,(H,25,27)(H,26,29). The molecule has 0 radical (unpaired) electrons. The average molecular weight is 405 g/mol. The Balaban J connectivity index is 1.82. The minimum atomic E-state index is -0.288. The topological polar surface area (TPSA) is 76.0 Å². The summed E-state index contributed by atoms with van der Waals surface area (Å²) in [5.74, 6) is 0.477. The van der Waals surface area contributed by atoms with Crippen LogP contribution in [0.4, 0.5) is 17.3 Å². The van der Waals surface area contributed by atoms with Gasteiger partial charge in [0, 0.05) is 23.1 Å². The lowest BCUT2D eigenvalue weighted by atomic mass is 10.0. The fourth-order valence-electron chi connectivity index (χ4n) is 3.34. The van der Waals surface area contributed by atoms with Crippen LogP contribution in [-0.4, -0.2) is 15.5 Å². The summed E-state index contributed by atoms with van der Waals surface area (Å²) >= 11 is 0. The number of benzene rings is 2. The lowest BCUT2D eigenvalue weighted by Crippen LogP contribution is -2.30. The van der Waals surface area contributed by atoms with Gasteiger partial charge in [-0.25, -0.2) is 4.98 Å². The summed E-state index contributed by atoms with van der Waals surface area (Å²) in [4.78, 5) is 29.7. The summed E-state index contributed by atoms with van der Waals surface area (Å²) in [6, 6.07) is 15.2. The van der Waals surface area contributed by atoms with E-state index in [1.54, 1.807) is 6.92 Å². The molecular formula is C24H28N4O2. The Morgan fingerprint density at radius 2 is 1.60 bits per heavy atom. The first kappa shape index (κ1) is 21.3. The molecule has 1 heterocycles. The Morgan fingerprint density at radius 3 is 2.20 bits per heavy atom. The van der Waals surface area contributed by atoms with Crippen LogP contribution in [0.2, 0.25) is 0 Å². The van der Waals surface area contributed by atoms with Gasteiger partial charge in [-0.05, 0) is 67.6 Å². The molecule has 6 heteroatoms. The van der Waals surface area contributed by atoms with Gasteiger partial charge >= 0.3 is 0 Å². The zero-order valence-corrected chi connectivity index (χ0v) is 18.1. The van der Waals surface area contributed by atoms with Crippen LogP contribution < -0.4 is 16.2 Å². The Hall–Kier alpha value is -3.41. The Kier molecular flexibility index (Phi) is 6.35. The number of carbonyl (C=O) groups excluding carboxylic acids is 1. The maximum atomic E-state index is 12.6. The highest BCUT2D eigenvalue weighted by molar-refractivity contribution is 5.90. The summed E-state index contributed by atoms with van der Waals surface area (Å²) in [6.45, 7) is 9.88. The predicted octanol–water partition coefficient (Wildman–Crippen LogP) is 4.67. The second-order valence-electron chi connectivity index (χ2n) is 7.97. The van der Waals surface area contributed by atoms with Gasteiger partial charge in [0.15, 0.2) is 0 Å². The number of nitrogens with one attached hydrogen (secondary N) is 2. The normalized spacial score (nSPS) is 10.9. The first-order valence-electron chi connectivity index (χ1n) is 10.0. The van der Waals surface area contributed by atoms with Crippen molar-refractivity contribution in [1.29, 1.82) is 0 Å². The highest BCUT2D eigenvalue weighted by Crippen LogP contribution is 2.19. The van der Waals surface area contributed by atoms with E-state index in [1.807, 2.05) is 50.2 Å². The zero-order chi connectivity index (χ0) is 21.8. The van der Waals surface area contributed by atoms with Gasteiger partial charge in [0.2, 0.25) is 11.9 Å². The molecule has 2 N–H and O–H groups in total. The van der Waals surface area contributed by atoms with E-state index < -0.39 is 0 Å². The maximum absolute atomic E-state index is 12.6. The summed E-state index contributed by atoms with van der Waals surface area (Å²) < 4.78 is 1.35. The zero-order valence-electron chi connectivity index (χ0n) is 18.1. The van der Waals surface area contributed by atoms with Gasteiger partial charge in [0.1, 0.15) is 6.54 Å². The summed E-state index contributed by atoms with van der Waals surface area (Å²) in [5, 5.41) is 6.05. The maximum Gasteiger partial charge on any atom is 0.255 e. The molecule has 3 rings (SSSR count). The van der Waals surface area contributed by atoms with Gasteiger partial charge in [-0.15, -0.1) is 0 Å². The Bertz CT molecular complexity index is 1090. The van der Waals surface area contributed by atoms with Crippen molar-refractivity contribution in [3.8, 4) is 0 Å². The number of anilines is 3. The molecule has 156 valence electrons. The highest BCUT2D eigenvalue weighted by Gasteiger charge is 2.13. The van der Waals surface area contributed by atoms with Crippen molar-refractivity contribution in [3.63, 3.8) is 0 Å². The van der Waals surface area contributed by atoms with Crippen LogP contribution in [0.3, 0.4) is 0 Å². The lowest BCUT2D eigenvalue weighted by molar-refractivity contribution is -0.116. The van der Waals surface area contributed by atoms with Crippen LogP contribution in [0.5, 0.6) is 0 Å². The number of nitrogens with zero attached hydrogens (tertiary/aromatic N) is 2. The van der Waals surface area contributed by atoms with E-state index in [4.69, 9.17) is 0 Å². The number of amides is 1. The third-order valence-corrected chi connectivity index (χ3v) is 4.78. The molecule has 0 spiro atoms. The molecule has 3 aromatic rings. The van der Waals surface area contributed by atoms with Gasteiger partial charge in [-0.1, -0.05) is 32.0 Å². The fourth-order valence-corrected chi connectivity index (χ4v) is 3.34. The SMILES string of the molecule is Cc1cc(C)cc(Nc2nc(C)cc(=O)n2CC(=O)Nc2ccc(C(C)C)cc2)c1. The number of hydrogen-bond acceptors (Lipinski definition) is 4. The van der Waals surface area contributed by atoms with E-state index >= 15 is 0 Å². The van der Waals surface area contributed by atoms with Gasteiger partial charge in [0.25, 0.3) is 5.56 Å². The van der Waals surface area contributed by atoms with Gasteiger partial charge in [-0.2, -0.15) is 0 Å². The second kappa shape index (κ2) is 8.95. The fraction of sp³-hybridized carbons (Fsp3) is 0.292. The third kappa shape index (κ3) is 5.35. The molecule has 0 aliphatic carbocycles. The average Bonchev–Trinajstić information content (AvgIpc) is 2.64. The molecular weight excluding hydrogens is 376 g/mol. The molecule has 0 atom stereocenters. The minimum absolute atomic E-state index is 0.134. The Labute approximate surface area is 177 Å². The van der Waals surface area contributed by atoms with E-state index in [0.717, 1.165) is 16.8 Å². The van der Waals surface area contributed by atoms with Crippen LogP contribution in [0.1, 0.15) is 42.1 Å². The molecule has 2 aromatic carbocycles. The first-order valence-corrected chi connectivity index (χ1v) is 10.0. The van der Waals surface area contributed by atoms with Crippen LogP contribution in [0.15, 0.2) is 53.3 Å². The number of carbonyl (C=O) groups is 1. The molecule has 0 aliphatic rings. The van der Waals surface area contributed by atoms with Crippen LogP contribution in [0, 0.1) is 20.8 Å². The highest BCUT2D eigenvalue weighted by atomic mass is 16.2. The van der Waals surface area contributed by atoms with Crippen LogP contribution >= 0.6 is 0 Å². The molecule has 0 unspecified atom stereocenters. The van der Waals surface area contributed by atoms with Crippen molar-refractivity contribution < 1.29 is 4.79 Å². The smallest absolute Gasteiger partial charge is 0.255 e. The van der Waals surface area contributed by atoms with E-state index in [9.17, 15) is 9.59 Å². The van der Waals surface area contributed by atoms with E-state index in [0.29, 0.717) is 23.2 Å². The van der Waals surface area contributed by atoms with Crippen molar-refractivity contribution in [1.82, 2.24) is 9.55 Å². The number of aromatic nitrogens is 2. The summed E-state index contributed by atoms with van der Waals surface area (Å²) in [7, 11) is 0. The van der Waals surface area contributed by atoms with Crippen LogP contribution in [0.25, 0.3) is 0 Å². The predicted molar refractivity (Wildman–Crippen MR) is 122 cm³/mol. The van der Waals surface area contributed by atoms with Crippen molar-refractivity contribution in [2.24, 2.45) is 0 Å². The monoisotopic (exact) mass is 404 g/mol.